The molecule has 0 heterocycles. The van der Waals surface area contributed by atoms with Crippen LogP contribution in [0.1, 0.15) is 19.8 Å². The van der Waals surface area contributed by atoms with Gasteiger partial charge in [-0.05, 0) is 6.42 Å². The summed E-state index contributed by atoms with van der Waals surface area (Å²) >= 11 is 0. The van der Waals surface area contributed by atoms with Gasteiger partial charge in [0.2, 0.25) is 5.91 Å². The van der Waals surface area contributed by atoms with Gasteiger partial charge in [0.15, 0.2) is 7.60 Å². The molecule has 0 aliphatic heterocycles. The van der Waals surface area contributed by atoms with Crippen molar-refractivity contribution in [1.82, 2.24) is 5.32 Å². The van der Waals surface area contributed by atoms with E-state index in [1.165, 1.54) is 0 Å². The summed E-state index contributed by atoms with van der Waals surface area (Å²) in [6.07, 6.45) is 0.925. The predicted molar refractivity (Wildman–Crippen MR) is 64.4 cm³/mol. The first-order valence-corrected chi connectivity index (χ1v) is 7.40. The van der Waals surface area contributed by atoms with Crippen molar-refractivity contribution in [2.45, 2.75) is 19.8 Å². The highest BCUT2D eigenvalue weighted by Gasteiger charge is 2.16. The lowest BCUT2D eigenvalue weighted by Gasteiger charge is -2.29. The van der Waals surface area contributed by atoms with Gasteiger partial charge in [-0.2, -0.15) is 0 Å². The molecule has 1 unspecified atom stereocenters. The Morgan fingerprint density at radius 3 is 2.47 bits per heavy atom. The van der Waals surface area contributed by atoms with E-state index >= 15 is 0 Å². The summed E-state index contributed by atoms with van der Waals surface area (Å²) in [4.78, 5) is 22.4. The van der Waals surface area contributed by atoms with Crippen LogP contribution in [0.4, 0.5) is 0 Å². The third kappa shape index (κ3) is 8.32. The molecule has 0 radical (unpaired) electrons. The molecular formula is C10H23N2O4P. The van der Waals surface area contributed by atoms with E-state index < -0.39 is 13.9 Å². The molecule has 0 rings (SSSR count). The molecule has 0 aliphatic rings. The van der Waals surface area contributed by atoms with Gasteiger partial charge in [0.1, 0.15) is 0 Å². The topological polar surface area (TPSA) is 78.5 Å². The Balaban J connectivity index is 3.92. The van der Waals surface area contributed by atoms with Crippen LogP contribution < -0.4 is 10.2 Å². The second-order valence-electron chi connectivity index (χ2n) is 4.68. The number of amides is 1. The largest absolute Gasteiger partial charge is 0.777 e. The fraction of sp³-hybridized carbons (Fsp3) is 0.900. The molecular weight excluding hydrogens is 243 g/mol. The molecule has 0 aromatic heterocycles. The van der Waals surface area contributed by atoms with Crippen molar-refractivity contribution in [3.05, 3.63) is 0 Å². The molecule has 1 N–H and O–H groups in total. The fourth-order valence-corrected chi connectivity index (χ4v) is 1.96. The van der Waals surface area contributed by atoms with E-state index in [-0.39, 0.29) is 5.91 Å². The SMILES string of the molecule is CCC[N+](C)(C)CCC(=O)NCP(=O)([O-])OC. The average Bonchev–Trinajstić information content (AvgIpc) is 2.24. The minimum absolute atomic E-state index is 0.263. The number of nitrogens with one attached hydrogen (secondary N) is 1. The van der Waals surface area contributed by atoms with Crippen LogP contribution in [-0.2, 0) is 13.9 Å². The molecule has 0 fully saturated rings. The van der Waals surface area contributed by atoms with Gasteiger partial charge in [-0.25, -0.2) is 0 Å². The molecule has 0 aromatic rings. The maximum Gasteiger partial charge on any atom is 0.226 e. The van der Waals surface area contributed by atoms with Crippen LogP contribution >= 0.6 is 7.60 Å². The summed E-state index contributed by atoms with van der Waals surface area (Å²) in [5.41, 5.74) is 0. The van der Waals surface area contributed by atoms with Crippen LogP contribution in [0.5, 0.6) is 0 Å². The van der Waals surface area contributed by atoms with Gasteiger partial charge < -0.3 is 23.8 Å². The smallest absolute Gasteiger partial charge is 0.226 e. The number of carbonyl (C=O) groups is 1. The molecule has 0 aromatic carbocycles. The van der Waals surface area contributed by atoms with Crippen LogP contribution in [0.25, 0.3) is 0 Å². The zero-order valence-corrected chi connectivity index (χ0v) is 12.0. The van der Waals surface area contributed by atoms with Gasteiger partial charge in [0.25, 0.3) is 0 Å². The predicted octanol–water partition coefficient (Wildman–Crippen LogP) is 0.136. The molecule has 0 saturated heterocycles. The van der Waals surface area contributed by atoms with Gasteiger partial charge in [0.05, 0.1) is 39.9 Å². The molecule has 17 heavy (non-hydrogen) atoms. The van der Waals surface area contributed by atoms with Gasteiger partial charge in [-0.3, -0.25) is 4.79 Å². The van der Waals surface area contributed by atoms with Crippen LogP contribution in [0.15, 0.2) is 0 Å². The van der Waals surface area contributed by atoms with Crippen LogP contribution in [0.2, 0.25) is 0 Å². The molecule has 6 nitrogen and oxygen atoms in total. The lowest BCUT2D eigenvalue weighted by molar-refractivity contribution is -0.889. The number of nitrogens with zero attached hydrogens (tertiary/aromatic N) is 1. The van der Waals surface area contributed by atoms with Gasteiger partial charge in [0, 0.05) is 7.11 Å². The Morgan fingerprint density at radius 2 is 2.00 bits per heavy atom. The molecule has 0 saturated carbocycles. The summed E-state index contributed by atoms with van der Waals surface area (Å²) in [7, 11) is 1.29. The molecule has 102 valence electrons. The van der Waals surface area contributed by atoms with Crippen LogP contribution in [-0.4, -0.2) is 51.0 Å². The maximum absolute atomic E-state index is 11.4. The highest BCUT2D eigenvalue weighted by Crippen LogP contribution is 2.33. The standard InChI is InChI=1S/C10H23N2O4P/c1-5-7-12(2,3)8-6-10(13)11-9-17(14,15)16-4/h5-9H2,1-4H3,(H-,11,13,14,15). The minimum atomic E-state index is -3.89. The summed E-state index contributed by atoms with van der Waals surface area (Å²) in [6, 6.07) is 0. The first-order chi connectivity index (χ1) is 7.72. The monoisotopic (exact) mass is 266 g/mol. The van der Waals surface area contributed by atoms with Crippen LogP contribution in [0.3, 0.4) is 0 Å². The lowest BCUT2D eigenvalue weighted by atomic mass is 10.3. The molecule has 1 amide bonds. The summed E-state index contributed by atoms with van der Waals surface area (Å²) in [6.45, 7) is 3.77. The zero-order valence-electron chi connectivity index (χ0n) is 11.1. The third-order valence-corrected chi connectivity index (χ3v) is 3.62. The van der Waals surface area contributed by atoms with Gasteiger partial charge >= 0.3 is 0 Å². The van der Waals surface area contributed by atoms with Gasteiger partial charge in [-0.15, -0.1) is 0 Å². The number of carbonyl (C=O) groups excluding carboxylic acids is 1. The highest BCUT2D eigenvalue weighted by molar-refractivity contribution is 7.51. The lowest BCUT2D eigenvalue weighted by Crippen LogP contribution is -2.43. The minimum Gasteiger partial charge on any atom is -0.777 e. The van der Waals surface area contributed by atoms with E-state index in [4.69, 9.17) is 0 Å². The third-order valence-electron chi connectivity index (χ3n) is 2.52. The molecule has 0 bridgehead atoms. The zero-order chi connectivity index (χ0) is 13.5. The molecule has 7 heteroatoms. The Kier molecular flexibility index (Phi) is 6.94. The normalized spacial score (nSPS) is 15.4. The second-order valence-corrected chi connectivity index (χ2v) is 6.59. The summed E-state index contributed by atoms with van der Waals surface area (Å²) < 4.78 is 16.0. The molecule has 1 atom stereocenters. The summed E-state index contributed by atoms with van der Waals surface area (Å²) in [5.74, 6) is -0.263. The maximum atomic E-state index is 11.4. The number of hydrogen-bond acceptors (Lipinski definition) is 4. The Bertz CT molecular complexity index is 294. The number of hydrogen-bond donors (Lipinski definition) is 1. The quantitative estimate of drug-likeness (QED) is 0.500. The highest BCUT2D eigenvalue weighted by atomic mass is 31.2. The molecule has 0 aliphatic carbocycles. The number of rotatable bonds is 8. The average molecular weight is 266 g/mol. The Hall–Kier alpha value is -0.420. The van der Waals surface area contributed by atoms with Crippen molar-refractivity contribution >= 4 is 13.5 Å². The molecule has 0 spiro atoms. The van der Waals surface area contributed by atoms with E-state index in [2.05, 4.69) is 16.8 Å². The van der Waals surface area contributed by atoms with E-state index in [0.29, 0.717) is 13.0 Å². The second kappa shape index (κ2) is 7.11. The van der Waals surface area contributed by atoms with Gasteiger partial charge in [-0.1, -0.05) is 6.92 Å². The van der Waals surface area contributed by atoms with Crippen molar-refractivity contribution < 1.29 is 23.3 Å². The van der Waals surface area contributed by atoms with Crippen molar-refractivity contribution in [1.29, 1.82) is 0 Å². The van der Waals surface area contributed by atoms with E-state index in [1.807, 2.05) is 14.1 Å². The van der Waals surface area contributed by atoms with E-state index in [9.17, 15) is 14.3 Å². The Morgan fingerprint density at radius 1 is 1.41 bits per heavy atom. The number of quaternary nitrogens is 1. The summed E-state index contributed by atoms with van der Waals surface area (Å²) in [5, 5.41) is 2.34. The van der Waals surface area contributed by atoms with Crippen molar-refractivity contribution in [3.63, 3.8) is 0 Å². The van der Waals surface area contributed by atoms with Crippen molar-refractivity contribution in [2.24, 2.45) is 0 Å². The fourth-order valence-electron chi connectivity index (χ4n) is 1.46. The van der Waals surface area contributed by atoms with Crippen molar-refractivity contribution in [3.8, 4) is 0 Å². The first-order valence-electron chi connectivity index (χ1n) is 5.67. The Labute approximate surface area is 103 Å². The van der Waals surface area contributed by atoms with Crippen molar-refractivity contribution in [2.75, 3.05) is 40.6 Å². The first kappa shape index (κ1) is 16.6. The van der Waals surface area contributed by atoms with Crippen LogP contribution in [0, 0.1) is 0 Å². The van der Waals surface area contributed by atoms with E-state index in [0.717, 1.165) is 24.6 Å². The van der Waals surface area contributed by atoms with E-state index in [1.54, 1.807) is 0 Å².